The number of carbonyl (C=O) groups is 1. The number of hydrogen-bond donors (Lipinski definition) is 0. The fourth-order valence-corrected chi connectivity index (χ4v) is 4.98. The summed E-state index contributed by atoms with van der Waals surface area (Å²) in [4.78, 5) is 13.1. The van der Waals surface area contributed by atoms with Crippen molar-refractivity contribution in [2.24, 2.45) is 0 Å². The largest absolute Gasteiger partial charge is 0.462 e. The Morgan fingerprint density at radius 1 is 1.00 bits per heavy atom. The van der Waals surface area contributed by atoms with Crippen LogP contribution in [0.3, 0.4) is 0 Å². The van der Waals surface area contributed by atoms with Crippen LogP contribution in [0.15, 0.2) is 72.8 Å². The number of hydrogen-bond acceptors (Lipinski definition) is 3. The number of benzene rings is 3. The molecule has 0 saturated heterocycles. The van der Waals surface area contributed by atoms with Crippen LogP contribution in [0, 0.1) is 0 Å². The predicted octanol–water partition coefficient (Wildman–Crippen LogP) is 7.92. The second-order valence-electron chi connectivity index (χ2n) is 7.52. The van der Waals surface area contributed by atoms with Crippen molar-refractivity contribution in [3.05, 3.63) is 94.4 Å². The first kappa shape index (κ1) is 22.1. The fraction of sp³-hybridized carbons (Fsp3) is 0.192. The summed E-state index contributed by atoms with van der Waals surface area (Å²) in [6.07, 6.45) is -4.37. The summed E-state index contributed by atoms with van der Waals surface area (Å²) in [6, 6.07) is 20.7. The van der Waals surface area contributed by atoms with E-state index in [-0.39, 0.29) is 11.9 Å². The molecule has 1 atom stereocenters. The lowest BCUT2D eigenvalue weighted by molar-refractivity contribution is -0.137. The zero-order valence-electron chi connectivity index (χ0n) is 17.6. The summed E-state index contributed by atoms with van der Waals surface area (Å²) in [6.45, 7) is 3.99. The maximum Gasteiger partial charge on any atom is 0.416 e. The highest BCUT2D eigenvalue weighted by Gasteiger charge is 2.31. The number of fused-ring (bicyclic) bond motifs is 1. The topological polar surface area (TPSA) is 26.3 Å². The first-order valence-corrected chi connectivity index (χ1v) is 11.1. The number of alkyl halides is 3. The smallest absolute Gasteiger partial charge is 0.416 e. The molecular formula is C26H21F3O2S. The molecule has 0 fully saturated rings. The molecule has 1 unspecified atom stereocenters. The third-order valence-electron chi connectivity index (χ3n) is 5.39. The van der Waals surface area contributed by atoms with Crippen LogP contribution in [0.25, 0.3) is 21.2 Å². The molecule has 2 nitrogen and oxygen atoms in total. The Kier molecular flexibility index (Phi) is 6.07. The van der Waals surface area contributed by atoms with E-state index in [0.717, 1.165) is 32.2 Å². The second kappa shape index (κ2) is 8.79. The molecule has 0 saturated carbocycles. The molecule has 0 N–H and O–H groups in total. The van der Waals surface area contributed by atoms with Gasteiger partial charge in [-0.15, -0.1) is 11.3 Å². The van der Waals surface area contributed by atoms with Gasteiger partial charge in [-0.25, -0.2) is 4.79 Å². The molecule has 1 aromatic heterocycles. The molecule has 3 aromatic carbocycles. The molecule has 164 valence electrons. The quantitative estimate of drug-likeness (QED) is 0.286. The lowest BCUT2D eigenvalue weighted by atomic mass is 9.96. The van der Waals surface area contributed by atoms with Crippen molar-refractivity contribution in [1.29, 1.82) is 0 Å². The highest BCUT2D eigenvalue weighted by atomic mass is 32.1. The van der Waals surface area contributed by atoms with Crippen LogP contribution in [0.2, 0.25) is 0 Å². The monoisotopic (exact) mass is 454 g/mol. The molecule has 0 aliphatic rings. The van der Waals surface area contributed by atoms with Crippen molar-refractivity contribution in [3.63, 3.8) is 0 Å². The summed E-state index contributed by atoms with van der Waals surface area (Å²) < 4.78 is 45.6. The molecule has 0 amide bonds. The van der Waals surface area contributed by atoms with Gasteiger partial charge in [0.2, 0.25) is 0 Å². The van der Waals surface area contributed by atoms with E-state index < -0.39 is 11.7 Å². The summed E-state index contributed by atoms with van der Waals surface area (Å²) in [7, 11) is 0. The molecule has 4 aromatic rings. The Morgan fingerprint density at radius 2 is 1.75 bits per heavy atom. The van der Waals surface area contributed by atoms with Gasteiger partial charge in [0, 0.05) is 15.5 Å². The highest BCUT2D eigenvalue weighted by Crippen LogP contribution is 2.40. The fourth-order valence-electron chi connectivity index (χ4n) is 3.70. The van der Waals surface area contributed by atoms with E-state index in [4.69, 9.17) is 4.74 Å². The summed E-state index contributed by atoms with van der Waals surface area (Å²) in [5.74, 6) is -0.556. The van der Waals surface area contributed by atoms with Gasteiger partial charge in [-0.3, -0.25) is 0 Å². The molecule has 0 radical (unpaired) electrons. The number of carbonyl (C=O) groups excluding carboxylic acids is 1. The standard InChI is InChI=1S/C26H21F3O2S/c1-3-31-25(30)20-10-4-8-18(13-20)22-12-6-9-19-15-23(32-24(19)22)16(2)17-7-5-11-21(14-17)26(27,28)29/h4-16H,3H2,1-2H3. The van der Waals surface area contributed by atoms with Crippen molar-refractivity contribution in [3.8, 4) is 11.1 Å². The van der Waals surface area contributed by atoms with Gasteiger partial charge in [-0.2, -0.15) is 13.2 Å². The minimum atomic E-state index is -4.37. The van der Waals surface area contributed by atoms with Crippen LogP contribution in [0.4, 0.5) is 13.2 Å². The van der Waals surface area contributed by atoms with Crippen molar-refractivity contribution >= 4 is 27.4 Å². The Hall–Kier alpha value is -3.12. The van der Waals surface area contributed by atoms with Gasteiger partial charge < -0.3 is 4.74 Å². The van der Waals surface area contributed by atoms with E-state index in [0.29, 0.717) is 17.7 Å². The Labute approximate surface area is 188 Å². The average molecular weight is 455 g/mol. The minimum Gasteiger partial charge on any atom is -0.462 e. The Bertz CT molecular complexity index is 1270. The molecule has 6 heteroatoms. The second-order valence-corrected chi connectivity index (χ2v) is 8.60. The Balaban J connectivity index is 1.74. The van der Waals surface area contributed by atoms with Crippen LogP contribution in [0.1, 0.15) is 46.1 Å². The van der Waals surface area contributed by atoms with E-state index >= 15 is 0 Å². The number of rotatable bonds is 5. The van der Waals surface area contributed by atoms with Crippen molar-refractivity contribution in [2.75, 3.05) is 6.61 Å². The zero-order chi connectivity index (χ0) is 22.9. The lowest BCUT2D eigenvalue weighted by Gasteiger charge is -2.13. The van der Waals surface area contributed by atoms with E-state index in [1.165, 1.54) is 12.1 Å². The maximum atomic E-state index is 13.1. The van der Waals surface area contributed by atoms with Crippen LogP contribution in [-0.4, -0.2) is 12.6 Å². The van der Waals surface area contributed by atoms with Gasteiger partial charge in [-0.1, -0.05) is 55.5 Å². The van der Waals surface area contributed by atoms with E-state index in [1.807, 2.05) is 49.4 Å². The molecule has 32 heavy (non-hydrogen) atoms. The Morgan fingerprint density at radius 3 is 2.50 bits per heavy atom. The third-order valence-corrected chi connectivity index (χ3v) is 6.76. The molecule has 4 rings (SSSR count). The van der Waals surface area contributed by atoms with Crippen LogP contribution in [0.5, 0.6) is 0 Å². The first-order chi connectivity index (χ1) is 15.3. The van der Waals surface area contributed by atoms with Crippen LogP contribution >= 0.6 is 11.3 Å². The summed E-state index contributed by atoms with van der Waals surface area (Å²) in [5, 5.41) is 1.02. The van der Waals surface area contributed by atoms with Crippen LogP contribution in [-0.2, 0) is 10.9 Å². The summed E-state index contributed by atoms with van der Waals surface area (Å²) in [5.41, 5.74) is 2.33. The average Bonchev–Trinajstić information content (AvgIpc) is 3.23. The van der Waals surface area contributed by atoms with E-state index in [2.05, 4.69) is 0 Å². The van der Waals surface area contributed by atoms with Crippen LogP contribution < -0.4 is 0 Å². The van der Waals surface area contributed by atoms with Crippen molar-refractivity contribution < 1.29 is 22.7 Å². The van der Waals surface area contributed by atoms with E-state index in [1.54, 1.807) is 30.4 Å². The van der Waals surface area contributed by atoms with Gasteiger partial charge in [0.1, 0.15) is 0 Å². The molecular weight excluding hydrogens is 433 g/mol. The minimum absolute atomic E-state index is 0.187. The lowest BCUT2D eigenvalue weighted by Crippen LogP contribution is -2.06. The molecule has 1 heterocycles. The predicted molar refractivity (Wildman–Crippen MR) is 122 cm³/mol. The summed E-state index contributed by atoms with van der Waals surface area (Å²) >= 11 is 1.56. The van der Waals surface area contributed by atoms with Crippen molar-refractivity contribution in [2.45, 2.75) is 25.9 Å². The maximum absolute atomic E-state index is 13.1. The van der Waals surface area contributed by atoms with Gasteiger partial charge in [0.25, 0.3) is 0 Å². The normalized spacial score (nSPS) is 12.7. The molecule has 0 bridgehead atoms. The van der Waals surface area contributed by atoms with Gasteiger partial charge in [-0.05, 0) is 53.3 Å². The van der Waals surface area contributed by atoms with Gasteiger partial charge in [0.15, 0.2) is 0 Å². The SMILES string of the molecule is CCOC(=O)c1cccc(-c2cccc3cc(C(C)c4cccc(C(F)(F)F)c4)sc23)c1. The highest BCUT2D eigenvalue weighted by molar-refractivity contribution is 7.19. The number of halogens is 3. The van der Waals surface area contributed by atoms with Gasteiger partial charge >= 0.3 is 12.1 Å². The molecule has 0 aliphatic heterocycles. The van der Waals surface area contributed by atoms with Crippen molar-refractivity contribution in [1.82, 2.24) is 0 Å². The first-order valence-electron chi connectivity index (χ1n) is 10.2. The third kappa shape index (κ3) is 4.41. The van der Waals surface area contributed by atoms with Gasteiger partial charge in [0.05, 0.1) is 17.7 Å². The number of ether oxygens (including phenoxy) is 1. The molecule has 0 aliphatic carbocycles. The zero-order valence-corrected chi connectivity index (χ0v) is 18.4. The molecule has 0 spiro atoms. The number of esters is 1. The van der Waals surface area contributed by atoms with E-state index in [9.17, 15) is 18.0 Å². The number of thiophene rings is 1.